The smallest absolute Gasteiger partial charge is 0.324 e. The molecule has 0 aliphatic carbocycles. The number of hydrogen-bond donors (Lipinski definition) is 0. The Labute approximate surface area is 171 Å². The molecule has 9 heteroatoms. The molecule has 0 atom stereocenters. The van der Waals surface area contributed by atoms with E-state index in [1.165, 1.54) is 12.1 Å². The van der Waals surface area contributed by atoms with Gasteiger partial charge in [0.2, 0.25) is 0 Å². The van der Waals surface area contributed by atoms with Gasteiger partial charge in [-0.1, -0.05) is 19.0 Å². The lowest BCUT2D eigenvalue weighted by molar-refractivity contribution is 0.275. The summed E-state index contributed by atoms with van der Waals surface area (Å²) in [7, 11) is -3.57. The number of benzene rings is 1. The van der Waals surface area contributed by atoms with Crippen LogP contribution in [-0.2, 0) is 9.84 Å². The summed E-state index contributed by atoms with van der Waals surface area (Å²) in [6, 6.07) is 4.48. The van der Waals surface area contributed by atoms with Crippen LogP contribution < -0.4 is 9.64 Å². The van der Waals surface area contributed by atoms with Gasteiger partial charge in [0.25, 0.3) is 0 Å². The highest BCUT2D eigenvalue weighted by Gasteiger charge is 2.23. The maximum atomic E-state index is 13.9. The van der Waals surface area contributed by atoms with E-state index in [-0.39, 0.29) is 10.8 Å². The van der Waals surface area contributed by atoms with Crippen LogP contribution in [0.2, 0.25) is 0 Å². The number of ether oxygens (including phenoxy) is 1. The zero-order valence-corrected chi connectivity index (χ0v) is 17.9. The van der Waals surface area contributed by atoms with Crippen molar-refractivity contribution in [1.29, 1.82) is 0 Å². The zero-order chi connectivity index (χ0) is 21.0. The standard InChI is InChI=1S/C20H28FN3O4S/c1-14(2)19-22-20(28-23-19)24-10-8-15(9-11-24)5-4-12-27-16-6-7-18(17(21)13-16)29(3,25)26/h6-7,13-15H,4-5,8-12H2,1-3H3. The summed E-state index contributed by atoms with van der Waals surface area (Å²) in [5, 5.41) is 4.02. The molecule has 1 saturated heterocycles. The monoisotopic (exact) mass is 425 g/mol. The number of halogens is 1. The Hall–Kier alpha value is -2.16. The van der Waals surface area contributed by atoms with Gasteiger partial charge in [0, 0.05) is 31.3 Å². The molecule has 0 bridgehead atoms. The lowest BCUT2D eigenvalue weighted by Gasteiger charge is -2.30. The minimum atomic E-state index is -3.57. The topological polar surface area (TPSA) is 85.5 Å². The van der Waals surface area contributed by atoms with E-state index >= 15 is 0 Å². The minimum absolute atomic E-state index is 0.251. The Morgan fingerprint density at radius 3 is 2.62 bits per heavy atom. The molecule has 2 aromatic rings. The molecule has 1 aromatic carbocycles. The highest BCUT2D eigenvalue weighted by Crippen LogP contribution is 2.26. The fraction of sp³-hybridized carbons (Fsp3) is 0.600. The van der Waals surface area contributed by atoms with Gasteiger partial charge in [-0.3, -0.25) is 0 Å². The Morgan fingerprint density at radius 2 is 2.03 bits per heavy atom. The molecule has 29 heavy (non-hydrogen) atoms. The second kappa shape index (κ2) is 9.11. The van der Waals surface area contributed by atoms with Crippen LogP contribution in [-0.4, -0.2) is 44.5 Å². The predicted octanol–water partition coefficient (Wildman–Crippen LogP) is 3.81. The lowest BCUT2D eigenvalue weighted by Crippen LogP contribution is -2.34. The third-order valence-corrected chi connectivity index (χ3v) is 6.29. The fourth-order valence-corrected chi connectivity index (χ4v) is 4.16. The van der Waals surface area contributed by atoms with E-state index < -0.39 is 15.7 Å². The van der Waals surface area contributed by atoms with E-state index in [0.29, 0.717) is 24.3 Å². The van der Waals surface area contributed by atoms with Gasteiger partial charge in [0.1, 0.15) is 16.5 Å². The lowest BCUT2D eigenvalue weighted by atomic mass is 9.92. The molecule has 0 unspecified atom stereocenters. The van der Waals surface area contributed by atoms with Gasteiger partial charge in [0.15, 0.2) is 15.7 Å². The molecule has 0 radical (unpaired) electrons. The molecule has 0 saturated carbocycles. The van der Waals surface area contributed by atoms with E-state index in [1.54, 1.807) is 0 Å². The van der Waals surface area contributed by atoms with E-state index in [0.717, 1.165) is 56.9 Å². The number of sulfone groups is 1. The van der Waals surface area contributed by atoms with Crippen molar-refractivity contribution < 1.29 is 22.1 Å². The minimum Gasteiger partial charge on any atom is -0.493 e. The molecule has 0 N–H and O–H groups in total. The Balaban J connectivity index is 1.39. The van der Waals surface area contributed by atoms with Crippen molar-refractivity contribution in [1.82, 2.24) is 10.1 Å². The highest BCUT2D eigenvalue weighted by molar-refractivity contribution is 7.90. The molecular formula is C20H28FN3O4S. The first-order valence-electron chi connectivity index (χ1n) is 9.95. The second-order valence-corrected chi connectivity index (χ2v) is 9.86. The molecule has 160 valence electrons. The summed E-state index contributed by atoms with van der Waals surface area (Å²) in [6.07, 6.45) is 4.98. The summed E-state index contributed by atoms with van der Waals surface area (Å²) in [6.45, 7) is 6.33. The molecule has 1 fully saturated rings. The maximum Gasteiger partial charge on any atom is 0.324 e. The van der Waals surface area contributed by atoms with Gasteiger partial charge in [0.05, 0.1) is 6.61 Å². The highest BCUT2D eigenvalue weighted by atomic mass is 32.2. The molecule has 0 amide bonds. The van der Waals surface area contributed by atoms with Crippen LogP contribution in [0.15, 0.2) is 27.6 Å². The van der Waals surface area contributed by atoms with Crippen LogP contribution in [0.4, 0.5) is 10.4 Å². The number of nitrogens with zero attached hydrogens (tertiary/aromatic N) is 3. The van der Waals surface area contributed by atoms with E-state index in [4.69, 9.17) is 9.26 Å². The molecule has 0 spiro atoms. The van der Waals surface area contributed by atoms with E-state index in [2.05, 4.69) is 15.0 Å². The Bertz CT molecular complexity index is 922. The van der Waals surface area contributed by atoms with Gasteiger partial charge in [-0.05, 0) is 43.7 Å². The zero-order valence-electron chi connectivity index (χ0n) is 17.1. The number of aromatic nitrogens is 2. The molecule has 1 aromatic heterocycles. The van der Waals surface area contributed by atoms with Gasteiger partial charge >= 0.3 is 6.01 Å². The van der Waals surface area contributed by atoms with Gasteiger partial charge < -0.3 is 14.2 Å². The van der Waals surface area contributed by atoms with Gasteiger partial charge in [-0.15, -0.1) is 0 Å². The summed E-state index contributed by atoms with van der Waals surface area (Å²) in [4.78, 5) is 6.29. The maximum absolute atomic E-state index is 13.9. The third kappa shape index (κ3) is 5.68. The third-order valence-electron chi connectivity index (χ3n) is 5.16. The van der Waals surface area contributed by atoms with Crippen molar-refractivity contribution in [3.8, 4) is 5.75 Å². The average Bonchev–Trinajstić information content (AvgIpc) is 3.15. The average molecular weight is 426 g/mol. The van der Waals surface area contributed by atoms with Crippen molar-refractivity contribution in [2.75, 3.05) is 30.9 Å². The molecule has 3 rings (SSSR count). The summed E-state index contributed by atoms with van der Waals surface area (Å²) < 4.78 is 47.7. The predicted molar refractivity (Wildman–Crippen MR) is 108 cm³/mol. The molecular weight excluding hydrogens is 397 g/mol. The van der Waals surface area contributed by atoms with Crippen LogP contribution in [0.25, 0.3) is 0 Å². The summed E-state index contributed by atoms with van der Waals surface area (Å²) in [5.41, 5.74) is 0. The number of anilines is 1. The van der Waals surface area contributed by atoms with Crippen LogP contribution in [0.1, 0.15) is 51.3 Å². The van der Waals surface area contributed by atoms with E-state index in [9.17, 15) is 12.8 Å². The van der Waals surface area contributed by atoms with Crippen molar-refractivity contribution in [3.05, 3.63) is 29.8 Å². The van der Waals surface area contributed by atoms with Crippen LogP contribution in [0.3, 0.4) is 0 Å². The quantitative estimate of drug-likeness (QED) is 0.595. The van der Waals surface area contributed by atoms with Crippen molar-refractivity contribution in [2.45, 2.75) is 50.3 Å². The SMILES string of the molecule is CC(C)c1noc(N2CCC(CCCOc3ccc(S(C)(=O)=O)c(F)c3)CC2)n1. The molecule has 1 aliphatic rings. The Morgan fingerprint density at radius 1 is 1.31 bits per heavy atom. The number of rotatable bonds is 8. The fourth-order valence-electron chi connectivity index (χ4n) is 3.44. The van der Waals surface area contributed by atoms with Crippen LogP contribution >= 0.6 is 0 Å². The second-order valence-electron chi connectivity index (χ2n) is 7.88. The largest absolute Gasteiger partial charge is 0.493 e. The van der Waals surface area contributed by atoms with Crippen LogP contribution in [0.5, 0.6) is 5.75 Å². The Kier molecular flexibility index (Phi) is 6.77. The normalized spacial score (nSPS) is 15.8. The van der Waals surface area contributed by atoms with E-state index in [1.807, 2.05) is 13.8 Å². The first-order valence-corrected chi connectivity index (χ1v) is 11.8. The number of piperidine rings is 1. The van der Waals surface area contributed by atoms with Gasteiger partial charge in [-0.2, -0.15) is 4.98 Å². The molecule has 1 aliphatic heterocycles. The van der Waals surface area contributed by atoms with Crippen molar-refractivity contribution in [3.63, 3.8) is 0 Å². The molecule has 7 nitrogen and oxygen atoms in total. The number of hydrogen-bond acceptors (Lipinski definition) is 7. The van der Waals surface area contributed by atoms with Crippen molar-refractivity contribution >= 4 is 15.9 Å². The van der Waals surface area contributed by atoms with Gasteiger partial charge in [-0.25, -0.2) is 12.8 Å². The molecule has 2 heterocycles. The summed E-state index contributed by atoms with van der Waals surface area (Å²) >= 11 is 0. The van der Waals surface area contributed by atoms with Crippen LogP contribution in [0, 0.1) is 11.7 Å². The first-order chi connectivity index (χ1) is 13.7. The summed E-state index contributed by atoms with van der Waals surface area (Å²) in [5.74, 6) is 1.16. The van der Waals surface area contributed by atoms with Crippen molar-refractivity contribution in [2.24, 2.45) is 5.92 Å². The first kappa shape index (κ1) is 21.5.